The highest BCUT2D eigenvalue weighted by Crippen LogP contribution is 2.04. The third-order valence-electron chi connectivity index (χ3n) is 2.01. The second-order valence-electron chi connectivity index (χ2n) is 3.22. The fourth-order valence-electron chi connectivity index (χ4n) is 1.16. The fraction of sp³-hybridized carbons (Fsp3) is 0.556. The maximum atomic E-state index is 11.5. The zero-order chi connectivity index (χ0) is 10.6. The first-order chi connectivity index (χ1) is 6.65. The summed E-state index contributed by atoms with van der Waals surface area (Å²) in [6.07, 6.45) is 3.23. The van der Waals surface area contributed by atoms with Crippen LogP contribution in [0.4, 0.5) is 5.82 Å². The van der Waals surface area contributed by atoms with Crippen molar-refractivity contribution in [3.8, 4) is 0 Å². The predicted molar refractivity (Wildman–Crippen MR) is 54.7 cm³/mol. The van der Waals surface area contributed by atoms with Crippen molar-refractivity contribution in [3.05, 3.63) is 12.3 Å². The van der Waals surface area contributed by atoms with Gasteiger partial charge in [0, 0.05) is 13.1 Å². The van der Waals surface area contributed by atoms with Gasteiger partial charge in [0.25, 0.3) is 0 Å². The summed E-state index contributed by atoms with van der Waals surface area (Å²) in [5.74, 6) is 0.511. The van der Waals surface area contributed by atoms with Crippen molar-refractivity contribution in [2.75, 3.05) is 5.32 Å². The molecular formula is C9H16N4O. The van der Waals surface area contributed by atoms with E-state index >= 15 is 0 Å². The number of nitrogens with one attached hydrogen (secondary N) is 1. The van der Waals surface area contributed by atoms with E-state index in [1.165, 1.54) is 0 Å². The Morgan fingerprint density at radius 1 is 1.79 bits per heavy atom. The number of anilines is 1. The average molecular weight is 196 g/mol. The largest absolute Gasteiger partial charge is 0.320 e. The van der Waals surface area contributed by atoms with Crippen LogP contribution in [-0.4, -0.2) is 21.7 Å². The number of amides is 1. The molecule has 0 saturated heterocycles. The summed E-state index contributed by atoms with van der Waals surface area (Å²) in [6, 6.07) is 1.30. The Kier molecular flexibility index (Phi) is 3.64. The number of carbonyl (C=O) groups excluding carboxylic acids is 1. The summed E-state index contributed by atoms with van der Waals surface area (Å²) < 4.78 is 1.59. The molecule has 0 aliphatic carbocycles. The van der Waals surface area contributed by atoms with Crippen LogP contribution in [0.1, 0.15) is 19.8 Å². The molecule has 1 aromatic heterocycles. The molecule has 0 aliphatic rings. The van der Waals surface area contributed by atoms with Gasteiger partial charge in [0.05, 0.1) is 12.2 Å². The Balaban J connectivity index is 2.53. The van der Waals surface area contributed by atoms with E-state index in [0.717, 1.165) is 6.42 Å². The maximum Gasteiger partial charge on any atom is 0.242 e. The van der Waals surface area contributed by atoms with E-state index in [4.69, 9.17) is 5.73 Å². The number of hydrogen-bond donors (Lipinski definition) is 2. The molecule has 1 aromatic rings. The summed E-state index contributed by atoms with van der Waals surface area (Å²) in [4.78, 5) is 11.5. The first-order valence-electron chi connectivity index (χ1n) is 4.69. The van der Waals surface area contributed by atoms with Gasteiger partial charge in [-0.1, -0.05) is 13.3 Å². The molecule has 1 rings (SSSR count). The van der Waals surface area contributed by atoms with E-state index in [-0.39, 0.29) is 5.91 Å². The minimum atomic E-state index is -0.435. The first-order valence-corrected chi connectivity index (χ1v) is 4.69. The van der Waals surface area contributed by atoms with Crippen LogP contribution in [0.25, 0.3) is 0 Å². The van der Waals surface area contributed by atoms with E-state index in [2.05, 4.69) is 10.4 Å². The summed E-state index contributed by atoms with van der Waals surface area (Å²) in [7, 11) is 1.76. The fourth-order valence-corrected chi connectivity index (χ4v) is 1.16. The number of hydrogen-bond acceptors (Lipinski definition) is 3. The van der Waals surface area contributed by atoms with Crippen LogP contribution in [0.15, 0.2) is 12.3 Å². The normalized spacial score (nSPS) is 12.5. The van der Waals surface area contributed by atoms with Crippen molar-refractivity contribution in [3.63, 3.8) is 0 Å². The van der Waals surface area contributed by atoms with Gasteiger partial charge in [0.15, 0.2) is 0 Å². The molecule has 0 spiro atoms. The van der Waals surface area contributed by atoms with Crippen LogP contribution in [-0.2, 0) is 11.8 Å². The molecule has 1 amide bonds. The van der Waals surface area contributed by atoms with Crippen LogP contribution in [0.3, 0.4) is 0 Å². The number of rotatable bonds is 4. The molecule has 1 heterocycles. The van der Waals surface area contributed by atoms with Gasteiger partial charge in [-0.3, -0.25) is 9.48 Å². The van der Waals surface area contributed by atoms with Crippen LogP contribution in [0, 0.1) is 0 Å². The quantitative estimate of drug-likeness (QED) is 0.736. The van der Waals surface area contributed by atoms with Crippen molar-refractivity contribution in [2.24, 2.45) is 12.8 Å². The van der Waals surface area contributed by atoms with Crippen molar-refractivity contribution < 1.29 is 4.79 Å². The predicted octanol–water partition coefficient (Wildman–Crippen LogP) is 0.486. The zero-order valence-corrected chi connectivity index (χ0v) is 8.53. The molecule has 0 saturated carbocycles. The highest BCUT2D eigenvalue weighted by atomic mass is 16.2. The molecule has 0 fully saturated rings. The van der Waals surface area contributed by atoms with Gasteiger partial charge in [-0.15, -0.1) is 0 Å². The van der Waals surface area contributed by atoms with Crippen molar-refractivity contribution in [1.82, 2.24) is 9.78 Å². The molecule has 0 aliphatic heterocycles. The Morgan fingerprint density at radius 2 is 2.50 bits per heavy atom. The van der Waals surface area contributed by atoms with E-state index in [1.807, 2.05) is 6.92 Å². The van der Waals surface area contributed by atoms with E-state index in [9.17, 15) is 4.79 Å². The molecule has 0 bridgehead atoms. The SMILES string of the molecule is CCCC(N)C(=O)Nc1ccnn1C. The molecule has 14 heavy (non-hydrogen) atoms. The van der Waals surface area contributed by atoms with Crippen molar-refractivity contribution in [2.45, 2.75) is 25.8 Å². The lowest BCUT2D eigenvalue weighted by molar-refractivity contribution is -0.117. The van der Waals surface area contributed by atoms with Crippen molar-refractivity contribution in [1.29, 1.82) is 0 Å². The summed E-state index contributed by atoms with van der Waals surface area (Å²) in [5.41, 5.74) is 5.65. The molecule has 1 atom stereocenters. The van der Waals surface area contributed by atoms with Gasteiger partial charge in [-0.05, 0) is 6.42 Å². The maximum absolute atomic E-state index is 11.5. The highest BCUT2D eigenvalue weighted by molar-refractivity contribution is 5.93. The lowest BCUT2D eigenvalue weighted by Gasteiger charge is -2.10. The number of aryl methyl sites for hydroxylation is 1. The third-order valence-corrected chi connectivity index (χ3v) is 2.01. The molecule has 1 unspecified atom stereocenters. The van der Waals surface area contributed by atoms with Crippen LogP contribution >= 0.6 is 0 Å². The molecule has 5 nitrogen and oxygen atoms in total. The average Bonchev–Trinajstić information content (AvgIpc) is 2.52. The molecule has 3 N–H and O–H groups in total. The second-order valence-corrected chi connectivity index (χ2v) is 3.22. The lowest BCUT2D eigenvalue weighted by atomic mass is 10.2. The van der Waals surface area contributed by atoms with Crippen LogP contribution in [0.2, 0.25) is 0 Å². The van der Waals surface area contributed by atoms with Gasteiger partial charge in [0.1, 0.15) is 5.82 Å². The summed E-state index contributed by atoms with van der Waals surface area (Å²) >= 11 is 0. The van der Waals surface area contributed by atoms with Gasteiger partial charge in [-0.2, -0.15) is 5.10 Å². The number of nitrogens with two attached hydrogens (primary N) is 1. The number of aromatic nitrogens is 2. The standard InChI is InChI=1S/C9H16N4O/c1-3-4-7(10)9(14)12-8-5-6-11-13(8)2/h5-7H,3-4,10H2,1-2H3,(H,12,14). The molecule has 5 heteroatoms. The minimum absolute atomic E-state index is 0.157. The lowest BCUT2D eigenvalue weighted by Crippen LogP contribution is -2.35. The summed E-state index contributed by atoms with van der Waals surface area (Å²) in [5, 5.41) is 6.65. The third kappa shape index (κ3) is 2.56. The van der Waals surface area contributed by atoms with Crippen LogP contribution in [0.5, 0.6) is 0 Å². The molecule has 0 aromatic carbocycles. The van der Waals surface area contributed by atoms with E-state index in [0.29, 0.717) is 12.2 Å². The Bertz CT molecular complexity index is 308. The minimum Gasteiger partial charge on any atom is -0.320 e. The van der Waals surface area contributed by atoms with Crippen molar-refractivity contribution >= 4 is 11.7 Å². The van der Waals surface area contributed by atoms with Gasteiger partial charge in [-0.25, -0.2) is 0 Å². The summed E-state index contributed by atoms with van der Waals surface area (Å²) in [6.45, 7) is 2.00. The van der Waals surface area contributed by atoms with E-state index in [1.54, 1.807) is 24.0 Å². The van der Waals surface area contributed by atoms with Gasteiger partial charge in [0.2, 0.25) is 5.91 Å². The zero-order valence-electron chi connectivity index (χ0n) is 8.53. The number of carbonyl (C=O) groups is 1. The highest BCUT2D eigenvalue weighted by Gasteiger charge is 2.13. The van der Waals surface area contributed by atoms with Crippen LogP contribution < -0.4 is 11.1 Å². The monoisotopic (exact) mass is 196 g/mol. The smallest absolute Gasteiger partial charge is 0.242 e. The Labute approximate surface area is 83.3 Å². The van der Waals surface area contributed by atoms with Gasteiger partial charge < -0.3 is 11.1 Å². The first kappa shape index (κ1) is 10.7. The molecule has 78 valence electrons. The molecule has 0 radical (unpaired) electrons. The van der Waals surface area contributed by atoms with E-state index < -0.39 is 6.04 Å². The Morgan fingerprint density at radius 3 is 3.00 bits per heavy atom. The second kappa shape index (κ2) is 4.76. The Hall–Kier alpha value is -1.36. The topological polar surface area (TPSA) is 72.9 Å². The number of nitrogens with zero attached hydrogens (tertiary/aromatic N) is 2. The molecular weight excluding hydrogens is 180 g/mol. The van der Waals surface area contributed by atoms with Gasteiger partial charge >= 0.3 is 0 Å².